The topological polar surface area (TPSA) is 144 Å². The molecule has 4 atom stereocenters. The van der Waals surface area contributed by atoms with E-state index in [1.165, 1.54) is 23.0 Å². The highest BCUT2D eigenvalue weighted by Crippen LogP contribution is 2.37. The number of nitrogens with zero attached hydrogens (tertiary/aromatic N) is 3. The maximum absolute atomic E-state index is 15.0. The lowest BCUT2D eigenvalue weighted by atomic mass is 9.83. The Balaban J connectivity index is 0.987. The number of morpholine rings is 1. The first-order valence-corrected chi connectivity index (χ1v) is 22.6. The molecule has 3 amide bonds. The summed E-state index contributed by atoms with van der Waals surface area (Å²) >= 11 is 1.42. The number of likely N-dealkylation sites (N-methyl/N-ethyl adjacent to an activating group) is 1. The standard InChI is InChI=1S/C47H58F2N6O7S/c1-29(50-5)43(56)53-42(47(2,3)4)45(58)55-27-32-25-33(14-13-31(32)26-39(55)44(57)51-37-12-8-10-30-9-6-7-11-34(30)37)61-23-21-60-22-24-62-41-35(15-16-36(48)40(41)49)38-28-63-46(52-38)54-17-19-59-20-18-54/h6-7,9,11,13-16,25,28-29,37,39,42,50H,8,10,12,17-24,26-27H2,1-5H3,(H,51,57)(H,53,56)/t29?,37-,39?,42?/m1/s1. The second kappa shape index (κ2) is 20.6. The molecule has 0 radical (unpaired) electrons. The van der Waals surface area contributed by atoms with Crippen LogP contribution < -0.4 is 30.3 Å². The van der Waals surface area contributed by atoms with Gasteiger partial charge in [0.1, 0.15) is 31.0 Å². The van der Waals surface area contributed by atoms with Gasteiger partial charge in [0.05, 0.1) is 44.2 Å². The number of anilines is 1. The van der Waals surface area contributed by atoms with Gasteiger partial charge in [0.15, 0.2) is 16.7 Å². The fraction of sp³-hybridized carbons (Fsp3) is 0.489. The number of benzene rings is 3. The number of aromatic nitrogens is 1. The van der Waals surface area contributed by atoms with Crippen molar-refractivity contribution in [2.24, 2.45) is 5.41 Å². The number of ether oxygens (including phenoxy) is 4. The van der Waals surface area contributed by atoms with Gasteiger partial charge < -0.3 is 44.7 Å². The molecule has 338 valence electrons. The van der Waals surface area contributed by atoms with Crippen LogP contribution in [-0.2, 0) is 43.2 Å². The predicted molar refractivity (Wildman–Crippen MR) is 237 cm³/mol. The summed E-state index contributed by atoms with van der Waals surface area (Å²) in [5.74, 6) is -2.67. The van der Waals surface area contributed by atoms with Crippen molar-refractivity contribution in [1.82, 2.24) is 25.8 Å². The second-order valence-electron chi connectivity index (χ2n) is 17.2. The van der Waals surface area contributed by atoms with Gasteiger partial charge in [-0.1, -0.05) is 51.1 Å². The molecule has 3 N–H and O–H groups in total. The van der Waals surface area contributed by atoms with Gasteiger partial charge >= 0.3 is 0 Å². The first kappa shape index (κ1) is 45.9. The number of hydrogen-bond acceptors (Lipinski definition) is 11. The van der Waals surface area contributed by atoms with Crippen LogP contribution in [0.4, 0.5) is 13.9 Å². The van der Waals surface area contributed by atoms with Gasteiger partial charge in [0.25, 0.3) is 0 Å². The van der Waals surface area contributed by atoms with Crippen molar-refractivity contribution < 1.29 is 42.1 Å². The predicted octanol–water partition coefficient (Wildman–Crippen LogP) is 5.99. The van der Waals surface area contributed by atoms with Gasteiger partial charge in [-0.3, -0.25) is 14.4 Å². The highest BCUT2D eigenvalue weighted by atomic mass is 32.1. The minimum atomic E-state index is -1.09. The Hall–Kier alpha value is -5.16. The van der Waals surface area contributed by atoms with Gasteiger partial charge in [-0.2, -0.15) is 4.39 Å². The van der Waals surface area contributed by atoms with E-state index in [2.05, 4.69) is 38.0 Å². The molecule has 13 nitrogen and oxygen atoms in total. The third-order valence-corrected chi connectivity index (χ3v) is 12.8. The molecular weight excluding hydrogens is 831 g/mol. The Morgan fingerprint density at radius 1 is 0.968 bits per heavy atom. The number of aryl methyl sites for hydroxylation is 1. The van der Waals surface area contributed by atoms with Crippen molar-refractivity contribution in [3.05, 3.63) is 93.9 Å². The molecule has 2 aliphatic heterocycles. The number of fused-ring (bicyclic) bond motifs is 2. The van der Waals surface area contributed by atoms with Gasteiger partial charge in [0.2, 0.25) is 23.5 Å². The molecule has 7 rings (SSSR count). The zero-order chi connectivity index (χ0) is 44.7. The molecule has 3 aliphatic rings. The van der Waals surface area contributed by atoms with Gasteiger partial charge in [-0.15, -0.1) is 11.3 Å². The van der Waals surface area contributed by atoms with Crippen molar-refractivity contribution in [1.29, 1.82) is 0 Å². The lowest BCUT2D eigenvalue weighted by Gasteiger charge is -2.41. The summed E-state index contributed by atoms with van der Waals surface area (Å²) < 4.78 is 52.3. The third-order valence-electron chi connectivity index (χ3n) is 11.9. The van der Waals surface area contributed by atoms with Gasteiger partial charge in [-0.25, -0.2) is 9.37 Å². The Labute approximate surface area is 371 Å². The van der Waals surface area contributed by atoms with Crippen LogP contribution in [0.2, 0.25) is 0 Å². The molecule has 1 aromatic heterocycles. The van der Waals surface area contributed by atoms with Gasteiger partial charge in [0, 0.05) is 37.0 Å². The van der Waals surface area contributed by atoms with Crippen molar-refractivity contribution in [2.45, 2.75) is 84.1 Å². The smallest absolute Gasteiger partial charge is 0.246 e. The fourth-order valence-electron chi connectivity index (χ4n) is 8.19. The van der Waals surface area contributed by atoms with Crippen LogP contribution in [0.25, 0.3) is 11.3 Å². The Kier molecular flexibility index (Phi) is 15.0. The second-order valence-corrected chi connectivity index (χ2v) is 18.1. The highest BCUT2D eigenvalue weighted by molar-refractivity contribution is 7.14. The summed E-state index contributed by atoms with van der Waals surface area (Å²) in [7, 11) is 1.68. The quantitative estimate of drug-likeness (QED) is 0.115. The molecule has 1 saturated heterocycles. The molecule has 1 aliphatic carbocycles. The maximum atomic E-state index is 15.0. The lowest BCUT2D eigenvalue weighted by Crippen LogP contribution is -2.62. The number of carbonyl (C=O) groups is 3. The summed E-state index contributed by atoms with van der Waals surface area (Å²) in [6.07, 6.45) is 2.99. The molecule has 3 unspecified atom stereocenters. The molecule has 4 aromatic rings. The summed E-state index contributed by atoms with van der Waals surface area (Å²) in [5.41, 5.74) is 4.25. The molecule has 63 heavy (non-hydrogen) atoms. The van der Waals surface area contributed by atoms with Crippen LogP contribution in [-0.4, -0.2) is 106 Å². The monoisotopic (exact) mass is 888 g/mol. The number of amides is 3. The normalized spacial score (nSPS) is 18.5. The van der Waals surface area contributed by atoms with Crippen LogP contribution in [0, 0.1) is 17.0 Å². The van der Waals surface area contributed by atoms with E-state index in [1.807, 2.05) is 51.1 Å². The number of rotatable bonds is 16. The molecule has 3 aromatic carbocycles. The van der Waals surface area contributed by atoms with Crippen LogP contribution in [0.5, 0.6) is 11.5 Å². The summed E-state index contributed by atoms with van der Waals surface area (Å²) in [6.45, 7) is 10.6. The van der Waals surface area contributed by atoms with Gasteiger partial charge in [-0.05, 0) is 85.2 Å². The number of halogens is 2. The first-order valence-electron chi connectivity index (χ1n) is 21.7. The first-order chi connectivity index (χ1) is 30.3. The Bertz CT molecular complexity index is 2250. The lowest BCUT2D eigenvalue weighted by molar-refractivity contribution is -0.147. The number of thiazole rings is 1. The highest BCUT2D eigenvalue weighted by Gasteiger charge is 2.43. The van der Waals surface area contributed by atoms with Crippen LogP contribution >= 0.6 is 11.3 Å². The summed E-state index contributed by atoms with van der Waals surface area (Å²) in [6, 6.07) is 13.9. The summed E-state index contributed by atoms with van der Waals surface area (Å²) in [4.78, 5) is 50.5. The van der Waals surface area contributed by atoms with E-state index in [9.17, 15) is 18.8 Å². The zero-order valence-electron chi connectivity index (χ0n) is 36.6. The zero-order valence-corrected chi connectivity index (χ0v) is 37.5. The molecule has 0 bridgehead atoms. The number of hydrogen-bond donors (Lipinski definition) is 3. The molecule has 0 spiro atoms. The van der Waals surface area contributed by atoms with Crippen LogP contribution in [0.15, 0.2) is 60.0 Å². The van der Waals surface area contributed by atoms with E-state index in [0.29, 0.717) is 43.3 Å². The van der Waals surface area contributed by atoms with E-state index in [4.69, 9.17) is 18.9 Å². The maximum Gasteiger partial charge on any atom is 0.246 e. The summed E-state index contributed by atoms with van der Waals surface area (Å²) in [5, 5.41) is 11.8. The fourth-order valence-corrected chi connectivity index (χ4v) is 9.07. The van der Waals surface area contributed by atoms with Crippen molar-refractivity contribution in [3.8, 4) is 22.8 Å². The molecule has 1 fully saturated rings. The number of nitrogens with one attached hydrogen (secondary N) is 3. The molecule has 0 saturated carbocycles. The average Bonchev–Trinajstić information content (AvgIpc) is 3.78. The van der Waals surface area contributed by atoms with E-state index in [-0.39, 0.29) is 68.9 Å². The minimum Gasteiger partial charge on any atom is -0.491 e. The van der Waals surface area contributed by atoms with Crippen molar-refractivity contribution >= 4 is 34.2 Å². The molecule has 16 heteroatoms. The van der Waals surface area contributed by atoms with E-state index < -0.39 is 35.2 Å². The number of carbonyl (C=O) groups excluding carboxylic acids is 3. The van der Waals surface area contributed by atoms with Crippen molar-refractivity contribution in [3.63, 3.8) is 0 Å². The van der Waals surface area contributed by atoms with E-state index in [0.717, 1.165) is 47.2 Å². The van der Waals surface area contributed by atoms with Crippen LogP contribution in [0.3, 0.4) is 0 Å². The Morgan fingerprint density at radius 2 is 1.73 bits per heavy atom. The Morgan fingerprint density at radius 3 is 2.49 bits per heavy atom. The van der Waals surface area contributed by atoms with Crippen LogP contribution in [0.1, 0.15) is 68.8 Å². The molecule has 3 heterocycles. The minimum absolute atomic E-state index is 0.0393. The molecular formula is C47H58F2N6O7S. The van der Waals surface area contributed by atoms with Crippen molar-refractivity contribution in [2.75, 3.05) is 64.7 Å². The van der Waals surface area contributed by atoms with E-state index >= 15 is 4.39 Å². The average molecular weight is 889 g/mol. The van der Waals surface area contributed by atoms with E-state index in [1.54, 1.807) is 24.3 Å². The largest absolute Gasteiger partial charge is 0.491 e. The SMILES string of the molecule is CNC(C)C(=O)NC(C(=O)N1Cc2cc(OCCOCCOc3c(-c4csc(N5CCOCC5)n4)ccc(F)c3F)ccc2CC1C(=O)N[C@@H]1CCCc2ccccc21)C(C)(C)C. The third kappa shape index (κ3) is 11.0.